The third kappa shape index (κ3) is 3.93. The van der Waals surface area contributed by atoms with Crippen LogP contribution < -0.4 is 14.2 Å². The molecule has 1 aliphatic heterocycles. The van der Waals surface area contributed by atoms with Crippen molar-refractivity contribution in [2.45, 2.75) is 6.42 Å². The van der Waals surface area contributed by atoms with Gasteiger partial charge in [0, 0.05) is 12.0 Å². The lowest BCUT2D eigenvalue weighted by atomic mass is 10.1. The zero-order valence-corrected chi connectivity index (χ0v) is 14.1. The van der Waals surface area contributed by atoms with Crippen LogP contribution in [0.2, 0.25) is 0 Å². The molecule has 6 nitrogen and oxygen atoms in total. The quantitative estimate of drug-likeness (QED) is 0.603. The molecule has 2 aromatic rings. The number of ketones is 1. The van der Waals surface area contributed by atoms with Crippen LogP contribution in [0.3, 0.4) is 0 Å². The number of methoxy groups -OCH3 is 1. The zero-order valence-electron chi connectivity index (χ0n) is 14.1. The van der Waals surface area contributed by atoms with Crippen LogP contribution in [0, 0.1) is 5.82 Å². The normalized spacial score (nSPS) is 12.8. The molecule has 3 rings (SSSR count). The molecule has 7 heteroatoms. The Kier molecular flexibility index (Phi) is 5.36. The molecule has 0 aliphatic carbocycles. The molecule has 0 saturated carbocycles. The van der Waals surface area contributed by atoms with E-state index in [1.54, 1.807) is 18.2 Å². The summed E-state index contributed by atoms with van der Waals surface area (Å²) in [5, 5.41) is 0. The van der Waals surface area contributed by atoms with Crippen molar-refractivity contribution in [2.24, 2.45) is 0 Å². The monoisotopic (exact) mass is 360 g/mol. The van der Waals surface area contributed by atoms with Gasteiger partial charge in [-0.1, -0.05) is 0 Å². The molecule has 0 aromatic heterocycles. The van der Waals surface area contributed by atoms with Crippen molar-refractivity contribution < 1.29 is 32.9 Å². The number of Topliss-reactive ketones (excluding diaryl/α,β-unsaturated/α-hetero) is 1. The first-order chi connectivity index (χ1) is 12.6. The Labute approximate surface area is 149 Å². The maximum Gasteiger partial charge on any atom is 0.338 e. The van der Waals surface area contributed by atoms with Crippen LogP contribution >= 0.6 is 0 Å². The number of carbonyl (C=O) groups is 2. The van der Waals surface area contributed by atoms with Gasteiger partial charge in [0.15, 0.2) is 35.5 Å². The molecule has 26 heavy (non-hydrogen) atoms. The van der Waals surface area contributed by atoms with Crippen molar-refractivity contribution >= 4 is 11.8 Å². The standard InChI is InChI=1S/C19H17FO6/c1-23-16-5-4-13(9-14(16)20)19(22)26-11-15(21)12-3-6-17-18(10-12)25-8-2-7-24-17/h3-6,9-10H,2,7-8,11H2,1H3. The van der Waals surface area contributed by atoms with Crippen molar-refractivity contribution in [3.8, 4) is 17.2 Å². The Hall–Kier alpha value is -3.09. The highest BCUT2D eigenvalue weighted by atomic mass is 19.1. The van der Waals surface area contributed by atoms with Crippen molar-refractivity contribution in [3.63, 3.8) is 0 Å². The van der Waals surface area contributed by atoms with Crippen LogP contribution in [0.15, 0.2) is 36.4 Å². The molecular weight excluding hydrogens is 343 g/mol. The zero-order chi connectivity index (χ0) is 18.5. The molecule has 0 N–H and O–H groups in total. The molecule has 0 saturated heterocycles. The predicted molar refractivity (Wildman–Crippen MR) is 89.6 cm³/mol. The number of halogens is 1. The van der Waals surface area contributed by atoms with E-state index < -0.39 is 24.2 Å². The van der Waals surface area contributed by atoms with E-state index in [0.717, 1.165) is 12.5 Å². The van der Waals surface area contributed by atoms with Gasteiger partial charge in [-0.05, 0) is 36.4 Å². The number of hydrogen-bond acceptors (Lipinski definition) is 6. The highest BCUT2D eigenvalue weighted by molar-refractivity contribution is 5.99. The Morgan fingerprint density at radius 2 is 1.77 bits per heavy atom. The van der Waals surface area contributed by atoms with Crippen molar-refractivity contribution in [1.82, 2.24) is 0 Å². The van der Waals surface area contributed by atoms with Crippen LogP contribution in [-0.4, -0.2) is 38.7 Å². The van der Waals surface area contributed by atoms with Gasteiger partial charge in [-0.3, -0.25) is 4.79 Å². The molecule has 0 bridgehead atoms. The Morgan fingerprint density at radius 1 is 1.04 bits per heavy atom. The fourth-order valence-corrected chi connectivity index (χ4v) is 2.43. The van der Waals surface area contributed by atoms with E-state index in [9.17, 15) is 14.0 Å². The lowest BCUT2D eigenvalue weighted by Gasteiger charge is -2.09. The summed E-state index contributed by atoms with van der Waals surface area (Å²) in [6.45, 7) is 0.588. The van der Waals surface area contributed by atoms with E-state index in [0.29, 0.717) is 30.3 Å². The maximum absolute atomic E-state index is 13.6. The minimum atomic E-state index is -0.797. The van der Waals surface area contributed by atoms with Crippen molar-refractivity contribution in [1.29, 1.82) is 0 Å². The summed E-state index contributed by atoms with van der Waals surface area (Å²) in [6.07, 6.45) is 0.758. The molecule has 0 spiro atoms. The van der Waals surface area contributed by atoms with E-state index in [4.69, 9.17) is 18.9 Å². The average Bonchev–Trinajstić information content (AvgIpc) is 2.90. The van der Waals surface area contributed by atoms with Gasteiger partial charge in [-0.25, -0.2) is 9.18 Å². The van der Waals surface area contributed by atoms with E-state index in [-0.39, 0.29) is 11.3 Å². The summed E-state index contributed by atoms with van der Waals surface area (Å²) in [6, 6.07) is 8.47. The van der Waals surface area contributed by atoms with Crippen LogP contribution in [0.25, 0.3) is 0 Å². The molecule has 0 atom stereocenters. The Balaban J connectivity index is 1.64. The number of esters is 1. The lowest BCUT2D eigenvalue weighted by Crippen LogP contribution is -2.14. The number of rotatable bonds is 5. The summed E-state index contributed by atoms with van der Waals surface area (Å²) in [5.41, 5.74) is 0.331. The van der Waals surface area contributed by atoms with Crippen LogP contribution in [0.5, 0.6) is 17.2 Å². The van der Waals surface area contributed by atoms with Gasteiger partial charge in [-0.2, -0.15) is 0 Å². The number of carbonyl (C=O) groups excluding carboxylic acids is 2. The predicted octanol–water partition coefficient (Wildman–Crippen LogP) is 3.04. The van der Waals surface area contributed by atoms with E-state index in [1.165, 1.54) is 19.2 Å². The second-order valence-electron chi connectivity index (χ2n) is 5.56. The second-order valence-corrected chi connectivity index (χ2v) is 5.56. The third-order valence-electron chi connectivity index (χ3n) is 3.79. The summed E-state index contributed by atoms with van der Waals surface area (Å²) in [5.74, 6) is -0.806. The second kappa shape index (κ2) is 7.86. The third-order valence-corrected chi connectivity index (χ3v) is 3.79. The largest absolute Gasteiger partial charge is 0.494 e. The van der Waals surface area contributed by atoms with Crippen molar-refractivity contribution in [3.05, 3.63) is 53.3 Å². The number of fused-ring (bicyclic) bond motifs is 1. The highest BCUT2D eigenvalue weighted by Crippen LogP contribution is 2.30. The highest BCUT2D eigenvalue weighted by Gasteiger charge is 2.17. The Morgan fingerprint density at radius 3 is 2.50 bits per heavy atom. The SMILES string of the molecule is COc1ccc(C(=O)OCC(=O)c2ccc3c(c2)OCCCO3)cc1F. The lowest BCUT2D eigenvalue weighted by molar-refractivity contribution is 0.0474. The minimum absolute atomic E-state index is 0.00485. The van der Waals surface area contributed by atoms with Gasteiger partial charge in [0.05, 0.1) is 25.9 Å². The molecule has 0 unspecified atom stereocenters. The number of benzene rings is 2. The van der Waals surface area contributed by atoms with Gasteiger partial charge in [-0.15, -0.1) is 0 Å². The van der Waals surface area contributed by atoms with Gasteiger partial charge < -0.3 is 18.9 Å². The topological polar surface area (TPSA) is 71.1 Å². The molecule has 0 amide bonds. The van der Waals surface area contributed by atoms with Crippen LogP contribution in [-0.2, 0) is 4.74 Å². The molecule has 136 valence electrons. The van der Waals surface area contributed by atoms with Gasteiger partial charge in [0.25, 0.3) is 0 Å². The average molecular weight is 360 g/mol. The number of hydrogen-bond donors (Lipinski definition) is 0. The van der Waals surface area contributed by atoms with E-state index >= 15 is 0 Å². The van der Waals surface area contributed by atoms with Crippen LogP contribution in [0.4, 0.5) is 4.39 Å². The molecular formula is C19H17FO6. The summed E-state index contributed by atoms with van der Waals surface area (Å²) in [4.78, 5) is 24.2. The van der Waals surface area contributed by atoms with E-state index in [2.05, 4.69) is 0 Å². The molecule has 0 fully saturated rings. The molecule has 0 radical (unpaired) electrons. The molecule has 2 aromatic carbocycles. The first-order valence-electron chi connectivity index (χ1n) is 8.02. The fourth-order valence-electron chi connectivity index (χ4n) is 2.43. The number of ether oxygens (including phenoxy) is 4. The molecule has 1 aliphatic rings. The summed E-state index contributed by atoms with van der Waals surface area (Å²) in [7, 11) is 1.32. The molecule has 1 heterocycles. The van der Waals surface area contributed by atoms with Crippen molar-refractivity contribution in [2.75, 3.05) is 26.9 Å². The van der Waals surface area contributed by atoms with Gasteiger partial charge in [0.2, 0.25) is 0 Å². The van der Waals surface area contributed by atoms with E-state index in [1.807, 2.05) is 0 Å². The first kappa shape index (κ1) is 17.7. The minimum Gasteiger partial charge on any atom is -0.494 e. The summed E-state index contributed by atoms with van der Waals surface area (Å²) < 4.78 is 34.4. The van der Waals surface area contributed by atoms with Gasteiger partial charge in [0.1, 0.15) is 0 Å². The summed E-state index contributed by atoms with van der Waals surface area (Å²) >= 11 is 0. The van der Waals surface area contributed by atoms with Gasteiger partial charge >= 0.3 is 5.97 Å². The smallest absolute Gasteiger partial charge is 0.338 e. The maximum atomic E-state index is 13.6. The first-order valence-corrected chi connectivity index (χ1v) is 8.02. The Bertz CT molecular complexity index is 833. The fraction of sp³-hybridized carbons (Fsp3) is 0.263. The van der Waals surface area contributed by atoms with Crippen LogP contribution in [0.1, 0.15) is 27.1 Å².